The van der Waals surface area contributed by atoms with Gasteiger partial charge in [0.1, 0.15) is 5.60 Å². The van der Waals surface area contributed by atoms with E-state index in [1.165, 1.54) is 19.3 Å². The van der Waals surface area contributed by atoms with Crippen LogP contribution in [-0.2, 0) is 4.89 Å². The normalized spacial score (nSPS) is 50.0. The summed E-state index contributed by atoms with van der Waals surface area (Å²) in [7, 11) is 0. The standard InChI is InChI=1S/C27H46O5/c1-17(7-6-12-24(2,3)32-31)20-8-9-21-19-15-23(29)27(30)16-18(28)10-14-26(27,5)22(19)11-13-25(20,21)4/h6,12,17-23,28-31H,7-11,13-16H2,1-5H3/b12-6+/t17-,18+,19+,20-,21+,22+,23-,25-,26-,27+/m1/s1. The molecule has 4 aliphatic rings. The highest BCUT2D eigenvalue weighted by atomic mass is 17.1. The van der Waals surface area contributed by atoms with E-state index in [9.17, 15) is 15.3 Å². The molecule has 0 aromatic heterocycles. The molecular formula is C27H46O5. The molecule has 5 heteroatoms. The van der Waals surface area contributed by atoms with Crippen molar-refractivity contribution in [3.05, 3.63) is 12.2 Å². The van der Waals surface area contributed by atoms with E-state index in [1.54, 1.807) is 0 Å². The van der Waals surface area contributed by atoms with Crippen molar-refractivity contribution in [1.82, 2.24) is 0 Å². The Labute approximate surface area is 194 Å². The fraction of sp³-hybridized carbons (Fsp3) is 0.926. The molecule has 0 unspecified atom stereocenters. The minimum Gasteiger partial charge on any atom is -0.393 e. The van der Waals surface area contributed by atoms with Crippen LogP contribution in [0.1, 0.15) is 92.4 Å². The van der Waals surface area contributed by atoms with Crippen LogP contribution in [-0.4, -0.2) is 44.0 Å². The maximum Gasteiger partial charge on any atom is 0.116 e. The average Bonchev–Trinajstić information content (AvgIpc) is 3.08. The van der Waals surface area contributed by atoms with Crippen molar-refractivity contribution in [1.29, 1.82) is 0 Å². The predicted molar refractivity (Wildman–Crippen MR) is 125 cm³/mol. The van der Waals surface area contributed by atoms with Crippen LogP contribution in [0.4, 0.5) is 0 Å². The molecule has 0 aromatic rings. The summed E-state index contributed by atoms with van der Waals surface area (Å²) in [6, 6.07) is 0. The van der Waals surface area contributed by atoms with Crippen LogP contribution >= 0.6 is 0 Å². The van der Waals surface area contributed by atoms with Gasteiger partial charge in [0, 0.05) is 11.8 Å². The van der Waals surface area contributed by atoms with Gasteiger partial charge in [-0.15, -0.1) is 0 Å². The van der Waals surface area contributed by atoms with Crippen LogP contribution < -0.4 is 0 Å². The predicted octanol–water partition coefficient (Wildman–Crippen LogP) is 4.94. The zero-order valence-electron chi connectivity index (χ0n) is 20.8. The van der Waals surface area contributed by atoms with E-state index in [2.05, 4.69) is 31.7 Å². The molecule has 4 aliphatic carbocycles. The molecule has 5 nitrogen and oxygen atoms in total. The van der Waals surface area contributed by atoms with Gasteiger partial charge in [0.05, 0.1) is 17.8 Å². The number of hydrogen-bond donors (Lipinski definition) is 4. The van der Waals surface area contributed by atoms with Crippen LogP contribution in [0.15, 0.2) is 12.2 Å². The number of allylic oxidation sites excluding steroid dienone is 1. The third-order valence-corrected chi connectivity index (χ3v) is 10.9. The van der Waals surface area contributed by atoms with E-state index in [4.69, 9.17) is 5.26 Å². The molecule has 4 fully saturated rings. The Kier molecular flexibility index (Phi) is 6.42. The first-order chi connectivity index (χ1) is 14.9. The van der Waals surface area contributed by atoms with Gasteiger partial charge in [0.15, 0.2) is 0 Å². The van der Waals surface area contributed by atoms with E-state index < -0.39 is 23.4 Å². The lowest BCUT2D eigenvalue weighted by Gasteiger charge is -2.65. The van der Waals surface area contributed by atoms with Gasteiger partial charge in [-0.2, -0.15) is 0 Å². The van der Waals surface area contributed by atoms with Crippen LogP contribution in [0.3, 0.4) is 0 Å². The highest BCUT2D eigenvalue weighted by molar-refractivity contribution is 5.17. The Morgan fingerprint density at radius 2 is 1.78 bits per heavy atom. The highest BCUT2D eigenvalue weighted by Gasteiger charge is 2.67. The second-order valence-electron chi connectivity index (χ2n) is 12.9. The minimum absolute atomic E-state index is 0.275. The summed E-state index contributed by atoms with van der Waals surface area (Å²) in [5.41, 5.74) is -1.84. The van der Waals surface area contributed by atoms with Gasteiger partial charge in [-0.1, -0.05) is 32.9 Å². The molecule has 4 saturated carbocycles. The summed E-state index contributed by atoms with van der Waals surface area (Å²) in [6.07, 6.45) is 11.1. The Morgan fingerprint density at radius 3 is 2.47 bits per heavy atom. The highest BCUT2D eigenvalue weighted by Crippen LogP contribution is 2.69. The van der Waals surface area contributed by atoms with E-state index in [-0.39, 0.29) is 10.8 Å². The molecule has 0 radical (unpaired) electrons. The molecule has 0 amide bonds. The summed E-state index contributed by atoms with van der Waals surface area (Å²) < 4.78 is 0. The van der Waals surface area contributed by atoms with Crippen LogP contribution in [0, 0.1) is 40.4 Å². The molecule has 10 atom stereocenters. The molecule has 0 aromatic carbocycles. The quantitative estimate of drug-likeness (QED) is 0.270. The molecule has 4 N–H and O–H groups in total. The van der Waals surface area contributed by atoms with Crippen molar-refractivity contribution in [2.75, 3.05) is 0 Å². The van der Waals surface area contributed by atoms with Gasteiger partial charge in [-0.25, -0.2) is 4.89 Å². The molecule has 0 saturated heterocycles. The lowest BCUT2D eigenvalue weighted by Crippen LogP contribution is -2.68. The molecule has 184 valence electrons. The van der Waals surface area contributed by atoms with Crippen LogP contribution in [0.5, 0.6) is 0 Å². The van der Waals surface area contributed by atoms with Crippen LogP contribution in [0.25, 0.3) is 0 Å². The van der Waals surface area contributed by atoms with E-state index >= 15 is 0 Å². The number of rotatable bonds is 5. The third-order valence-electron chi connectivity index (χ3n) is 10.9. The van der Waals surface area contributed by atoms with Crippen molar-refractivity contribution < 1.29 is 25.5 Å². The minimum atomic E-state index is -1.16. The van der Waals surface area contributed by atoms with Gasteiger partial charge in [-0.3, -0.25) is 5.26 Å². The summed E-state index contributed by atoms with van der Waals surface area (Å²) in [5, 5.41) is 42.1. The molecule has 0 bridgehead atoms. The summed E-state index contributed by atoms with van der Waals surface area (Å²) >= 11 is 0. The van der Waals surface area contributed by atoms with Gasteiger partial charge < -0.3 is 15.3 Å². The maximum atomic E-state index is 11.6. The first kappa shape index (κ1) is 24.7. The summed E-state index contributed by atoms with van der Waals surface area (Å²) in [5.74, 6) is 2.68. The zero-order chi connectivity index (χ0) is 23.5. The molecule has 0 aliphatic heterocycles. The Balaban J connectivity index is 1.52. The smallest absolute Gasteiger partial charge is 0.116 e. The van der Waals surface area contributed by atoms with Crippen molar-refractivity contribution in [2.24, 2.45) is 40.4 Å². The number of aliphatic hydroxyl groups is 3. The third kappa shape index (κ3) is 3.71. The maximum absolute atomic E-state index is 11.6. The summed E-state index contributed by atoms with van der Waals surface area (Å²) in [4.78, 5) is 4.54. The Hall–Kier alpha value is -0.460. The van der Waals surface area contributed by atoms with Gasteiger partial charge >= 0.3 is 0 Å². The Bertz CT molecular complexity index is 721. The molecular weight excluding hydrogens is 404 g/mol. The largest absolute Gasteiger partial charge is 0.393 e. The van der Waals surface area contributed by atoms with E-state index in [0.29, 0.717) is 42.4 Å². The van der Waals surface area contributed by atoms with Crippen molar-refractivity contribution >= 4 is 0 Å². The molecule has 0 spiro atoms. The summed E-state index contributed by atoms with van der Waals surface area (Å²) in [6.45, 7) is 10.8. The second-order valence-corrected chi connectivity index (χ2v) is 12.9. The average molecular weight is 451 g/mol. The zero-order valence-corrected chi connectivity index (χ0v) is 20.8. The van der Waals surface area contributed by atoms with Gasteiger partial charge in [0.2, 0.25) is 0 Å². The van der Waals surface area contributed by atoms with E-state index in [0.717, 1.165) is 25.7 Å². The number of fused-ring (bicyclic) bond motifs is 5. The van der Waals surface area contributed by atoms with Crippen molar-refractivity contribution in [3.63, 3.8) is 0 Å². The molecule has 0 heterocycles. The first-order valence-corrected chi connectivity index (χ1v) is 13.0. The van der Waals surface area contributed by atoms with Crippen molar-refractivity contribution in [3.8, 4) is 0 Å². The SMILES string of the molecule is C[C@H](C/C=C/C(C)(C)OO)[C@H]1CC[C@H]2[C@@H]3C[C@@H](O)[C@@]4(O)C[C@@H](O)CC[C@]4(C)[C@H]3CC[C@]12C. The Morgan fingerprint density at radius 1 is 1.06 bits per heavy atom. The number of hydrogen-bond acceptors (Lipinski definition) is 5. The monoisotopic (exact) mass is 450 g/mol. The van der Waals surface area contributed by atoms with E-state index in [1.807, 2.05) is 19.9 Å². The topological polar surface area (TPSA) is 90.2 Å². The van der Waals surface area contributed by atoms with Gasteiger partial charge in [0.25, 0.3) is 0 Å². The second kappa shape index (κ2) is 8.34. The molecule has 4 rings (SSSR count). The first-order valence-electron chi connectivity index (χ1n) is 13.0. The van der Waals surface area contributed by atoms with Gasteiger partial charge in [-0.05, 0) is 100 Å². The lowest BCUT2D eigenvalue weighted by molar-refractivity contribution is -0.297. The lowest BCUT2D eigenvalue weighted by atomic mass is 9.42. The van der Waals surface area contributed by atoms with Crippen LogP contribution in [0.2, 0.25) is 0 Å². The number of aliphatic hydroxyl groups excluding tert-OH is 2. The fourth-order valence-electron chi connectivity index (χ4n) is 9.00. The van der Waals surface area contributed by atoms with Crippen molar-refractivity contribution in [2.45, 2.75) is 116 Å². The molecule has 32 heavy (non-hydrogen) atoms. The fourth-order valence-corrected chi connectivity index (χ4v) is 9.00.